The molecule has 0 bridgehead atoms. The van der Waals surface area contributed by atoms with Crippen LogP contribution in [0.5, 0.6) is 0 Å². The van der Waals surface area contributed by atoms with Gasteiger partial charge in [0.2, 0.25) is 11.9 Å². The largest absolute Gasteiger partial charge is 0.416 e. The molecule has 1 aromatic heterocycles. The Hall–Kier alpha value is -2.13. The molecule has 3 rings (SSSR count). The van der Waals surface area contributed by atoms with Crippen molar-refractivity contribution < 1.29 is 18.0 Å². The Balaban J connectivity index is 0.00000261. The lowest BCUT2D eigenvalue weighted by atomic mass is 9.98. The van der Waals surface area contributed by atoms with Crippen LogP contribution in [-0.2, 0) is 24.4 Å². The summed E-state index contributed by atoms with van der Waals surface area (Å²) in [7, 11) is 1.68. The third kappa shape index (κ3) is 5.43. The minimum atomic E-state index is -4.43. The third-order valence-electron chi connectivity index (χ3n) is 4.35. The van der Waals surface area contributed by atoms with Gasteiger partial charge in [-0.2, -0.15) is 23.3 Å². The van der Waals surface area contributed by atoms with E-state index < -0.39 is 17.6 Å². The number of carbonyl (C=O) groups excluding carboxylic acids is 1. The summed E-state index contributed by atoms with van der Waals surface area (Å²) in [5.41, 5.74) is -0.479. The summed E-state index contributed by atoms with van der Waals surface area (Å²) < 4.78 is 39.8. The first-order valence-electron chi connectivity index (χ1n) is 8.40. The van der Waals surface area contributed by atoms with E-state index in [1.165, 1.54) is 16.8 Å². The molecule has 0 atom stereocenters. The summed E-state index contributed by atoms with van der Waals surface area (Å²) in [4.78, 5) is 16.6. The predicted octanol–water partition coefficient (Wildman–Crippen LogP) is 2.90. The molecule has 0 spiro atoms. The summed E-state index contributed by atoms with van der Waals surface area (Å²) >= 11 is 0. The molecule has 1 fully saturated rings. The van der Waals surface area contributed by atoms with Crippen molar-refractivity contribution in [3.63, 3.8) is 0 Å². The van der Waals surface area contributed by atoms with E-state index in [-0.39, 0.29) is 30.3 Å². The Kier molecular flexibility index (Phi) is 6.83. The summed E-state index contributed by atoms with van der Waals surface area (Å²) in [5, 5.41) is 10.3. The number of benzene rings is 1. The highest BCUT2D eigenvalue weighted by atomic mass is 35.5. The number of nitrogens with zero attached hydrogens (tertiary/aromatic N) is 3. The van der Waals surface area contributed by atoms with Crippen LogP contribution in [0.2, 0.25) is 0 Å². The molecule has 10 heteroatoms. The zero-order valence-corrected chi connectivity index (χ0v) is 15.5. The second-order valence-corrected chi connectivity index (χ2v) is 6.36. The van der Waals surface area contributed by atoms with Crippen molar-refractivity contribution in [3.8, 4) is 0 Å². The van der Waals surface area contributed by atoms with Gasteiger partial charge in [-0.15, -0.1) is 12.4 Å². The van der Waals surface area contributed by atoms with E-state index >= 15 is 0 Å². The van der Waals surface area contributed by atoms with Crippen LogP contribution in [0.25, 0.3) is 0 Å². The molecule has 0 aliphatic carbocycles. The van der Waals surface area contributed by atoms with Gasteiger partial charge in [-0.1, -0.05) is 18.2 Å². The van der Waals surface area contributed by atoms with Crippen molar-refractivity contribution in [3.05, 3.63) is 41.2 Å². The number of anilines is 1. The summed E-state index contributed by atoms with van der Waals surface area (Å²) in [6.45, 7) is 1.81. The van der Waals surface area contributed by atoms with Crippen molar-refractivity contribution in [2.24, 2.45) is 7.05 Å². The molecule has 0 radical (unpaired) electrons. The Morgan fingerprint density at radius 3 is 2.70 bits per heavy atom. The van der Waals surface area contributed by atoms with Crippen LogP contribution < -0.4 is 10.6 Å². The first-order chi connectivity index (χ1) is 12.3. The van der Waals surface area contributed by atoms with Gasteiger partial charge in [-0.25, -0.2) is 4.68 Å². The van der Waals surface area contributed by atoms with Crippen molar-refractivity contribution in [1.82, 2.24) is 20.1 Å². The fourth-order valence-electron chi connectivity index (χ4n) is 2.98. The number of alkyl halides is 3. The van der Waals surface area contributed by atoms with Crippen LogP contribution in [-0.4, -0.2) is 33.8 Å². The SMILES string of the molecule is Cl.Cn1nc(C2CCNCC2)nc1NC(=O)Cc1cccc(C(F)(F)F)c1. The lowest BCUT2D eigenvalue weighted by Crippen LogP contribution is -2.27. The van der Waals surface area contributed by atoms with Crippen molar-refractivity contribution in [2.45, 2.75) is 31.4 Å². The number of hydrogen-bond donors (Lipinski definition) is 2. The Bertz CT molecular complexity index is 787. The molecule has 2 heterocycles. The van der Waals surface area contributed by atoms with Crippen LogP contribution in [0.3, 0.4) is 0 Å². The van der Waals surface area contributed by atoms with Crippen LogP contribution in [0.4, 0.5) is 19.1 Å². The molecule has 6 nitrogen and oxygen atoms in total. The third-order valence-corrected chi connectivity index (χ3v) is 4.35. The van der Waals surface area contributed by atoms with Crippen molar-refractivity contribution in [2.75, 3.05) is 18.4 Å². The Morgan fingerprint density at radius 1 is 1.33 bits per heavy atom. The molecule has 0 saturated carbocycles. The van der Waals surface area contributed by atoms with E-state index in [2.05, 4.69) is 20.7 Å². The maximum Gasteiger partial charge on any atom is 0.416 e. The maximum absolute atomic E-state index is 12.8. The number of aromatic nitrogens is 3. The van der Waals surface area contributed by atoms with Crippen LogP contribution >= 0.6 is 12.4 Å². The van der Waals surface area contributed by atoms with E-state index in [1.807, 2.05) is 0 Å². The summed E-state index contributed by atoms with van der Waals surface area (Å²) in [6.07, 6.45) is -2.73. The predicted molar refractivity (Wildman–Crippen MR) is 96.9 cm³/mol. The zero-order valence-electron chi connectivity index (χ0n) is 14.7. The van der Waals surface area contributed by atoms with Crippen molar-refractivity contribution in [1.29, 1.82) is 0 Å². The second-order valence-electron chi connectivity index (χ2n) is 6.36. The number of nitrogens with one attached hydrogen (secondary N) is 2. The lowest BCUT2D eigenvalue weighted by Gasteiger charge is -2.19. The summed E-state index contributed by atoms with van der Waals surface area (Å²) in [5.74, 6) is 0.798. The van der Waals surface area contributed by atoms with Crippen LogP contribution in [0.1, 0.15) is 35.7 Å². The molecule has 0 unspecified atom stereocenters. The Labute approximate surface area is 161 Å². The molecule has 2 aromatic rings. The van der Waals surface area contributed by atoms with Crippen LogP contribution in [0.15, 0.2) is 24.3 Å². The number of aryl methyl sites for hydroxylation is 1. The normalized spacial score (nSPS) is 15.3. The zero-order chi connectivity index (χ0) is 18.7. The highest BCUT2D eigenvalue weighted by Gasteiger charge is 2.30. The van der Waals surface area contributed by atoms with Gasteiger partial charge in [-0.05, 0) is 37.6 Å². The number of amides is 1. The molecule has 1 aliphatic heterocycles. The van der Waals surface area contributed by atoms with Gasteiger partial charge < -0.3 is 5.32 Å². The van der Waals surface area contributed by atoms with E-state index in [0.717, 1.165) is 38.1 Å². The van der Waals surface area contributed by atoms with Gasteiger partial charge in [0.1, 0.15) is 0 Å². The fourth-order valence-corrected chi connectivity index (χ4v) is 2.98. The van der Waals surface area contributed by atoms with Gasteiger partial charge >= 0.3 is 6.18 Å². The van der Waals surface area contributed by atoms with Crippen LogP contribution in [0, 0.1) is 0 Å². The first kappa shape index (κ1) is 21.2. The number of rotatable bonds is 4. The van der Waals surface area contributed by atoms with E-state index in [0.29, 0.717) is 11.8 Å². The minimum absolute atomic E-state index is 0. The first-order valence-corrected chi connectivity index (χ1v) is 8.40. The van der Waals surface area contributed by atoms with E-state index in [1.54, 1.807) is 7.05 Å². The fraction of sp³-hybridized carbons (Fsp3) is 0.471. The lowest BCUT2D eigenvalue weighted by molar-refractivity contribution is -0.137. The molecular formula is C17H21ClF3N5O. The number of halogens is 4. The molecule has 148 valence electrons. The molecule has 1 amide bonds. The van der Waals surface area contributed by atoms with Gasteiger partial charge in [0.05, 0.1) is 12.0 Å². The van der Waals surface area contributed by atoms with Gasteiger partial charge in [0.15, 0.2) is 5.82 Å². The molecular weight excluding hydrogens is 383 g/mol. The topological polar surface area (TPSA) is 71.8 Å². The van der Waals surface area contributed by atoms with E-state index in [9.17, 15) is 18.0 Å². The van der Waals surface area contributed by atoms with E-state index in [4.69, 9.17) is 0 Å². The van der Waals surface area contributed by atoms with Crippen molar-refractivity contribution >= 4 is 24.3 Å². The van der Waals surface area contributed by atoms with Gasteiger partial charge in [-0.3, -0.25) is 10.1 Å². The molecule has 1 aliphatic rings. The quantitative estimate of drug-likeness (QED) is 0.823. The second kappa shape index (κ2) is 8.71. The highest BCUT2D eigenvalue weighted by Crippen LogP contribution is 2.29. The smallest absolute Gasteiger partial charge is 0.317 e. The number of hydrogen-bond acceptors (Lipinski definition) is 4. The molecule has 1 aromatic carbocycles. The molecule has 27 heavy (non-hydrogen) atoms. The highest BCUT2D eigenvalue weighted by molar-refractivity contribution is 5.90. The van der Waals surface area contributed by atoms with Gasteiger partial charge in [0, 0.05) is 13.0 Å². The monoisotopic (exact) mass is 403 g/mol. The minimum Gasteiger partial charge on any atom is -0.317 e. The standard InChI is InChI=1S/C17H20F3N5O.ClH/c1-25-16(23-15(24-25)12-5-7-21-8-6-12)22-14(26)10-11-3-2-4-13(9-11)17(18,19)20;/h2-4,9,12,21H,5-8,10H2,1H3,(H,22,23,24,26);1H. The average molecular weight is 404 g/mol. The Morgan fingerprint density at radius 2 is 2.04 bits per heavy atom. The molecule has 2 N–H and O–H groups in total. The van der Waals surface area contributed by atoms with Gasteiger partial charge in [0.25, 0.3) is 0 Å². The summed E-state index contributed by atoms with van der Waals surface area (Å²) in [6, 6.07) is 4.75. The molecule has 1 saturated heterocycles. The average Bonchev–Trinajstić information content (AvgIpc) is 2.96. The maximum atomic E-state index is 12.8. The number of piperidine rings is 1. The number of carbonyl (C=O) groups is 1.